The number of hydrogen-bond donors (Lipinski definition) is 2. The van der Waals surface area contributed by atoms with E-state index in [-0.39, 0.29) is 32.0 Å². The van der Waals surface area contributed by atoms with Crippen LogP contribution in [-0.2, 0) is 24.4 Å². The minimum atomic E-state index is -0.775. The lowest BCUT2D eigenvalue weighted by Crippen LogP contribution is -2.51. The molecular weight excluding hydrogens is 517 g/mol. The van der Waals surface area contributed by atoms with E-state index in [0.717, 1.165) is 5.56 Å². The maximum atomic E-state index is 13.2. The minimum absolute atomic E-state index is 0.0337. The van der Waals surface area contributed by atoms with Crippen molar-refractivity contribution in [2.24, 2.45) is 0 Å². The van der Waals surface area contributed by atoms with Gasteiger partial charge in [-0.3, -0.25) is 24.0 Å². The average molecular weight is 552 g/mol. The first-order chi connectivity index (χ1) is 18.9. The van der Waals surface area contributed by atoms with Crippen LogP contribution in [0.4, 0.5) is 9.18 Å². The third-order valence-corrected chi connectivity index (χ3v) is 6.40. The Morgan fingerprint density at radius 2 is 1.77 bits per heavy atom. The van der Waals surface area contributed by atoms with Crippen molar-refractivity contribution in [1.82, 2.24) is 24.7 Å². The van der Waals surface area contributed by atoms with Gasteiger partial charge in [-0.1, -0.05) is 42.5 Å². The largest absolute Gasteiger partial charge is 0.501 e. The number of carbonyl (C=O) groups excluding carboxylic acids is 2. The zero-order valence-corrected chi connectivity index (χ0v) is 23.1. The number of nitrogens with zero attached hydrogens (tertiary/aromatic N) is 4. The molecule has 1 aliphatic heterocycles. The van der Waals surface area contributed by atoms with Crippen LogP contribution in [0, 0.1) is 5.82 Å². The Morgan fingerprint density at radius 1 is 1.10 bits per heavy atom. The van der Waals surface area contributed by atoms with Gasteiger partial charge in [-0.25, -0.2) is 14.2 Å². The van der Waals surface area contributed by atoms with E-state index in [0.29, 0.717) is 12.1 Å². The molecule has 2 N–H and O–H groups in total. The Hall–Kier alpha value is -4.25. The third-order valence-electron chi connectivity index (χ3n) is 6.40. The summed E-state index contributed by atoms with van der Waals surface area (Å²) in [4.78, 5) is 47.4. The van der Waals surface area contributed by atoms with Crippen molar-refractivity contribution in [3.05, 3.63) is 93.4 Å². The molecule has 0 fully saturated rings. The fraction of sp³-hybridized carbons (Fsp3) is 0.379. The molecule has 212 valence electrons. The number of amides is 2. The van der Waals surface area contributed by atoms with Crippen LogP contribution in [0.1, 0.15) is 54.3 Å². The zero-order chi connectivity index (χ0) is 29.0. The molecule has 11 heteroatoms. The molecule has 0 bridgehead atoms. The summed E-state index contributed by atoms with van der Waals surface area (Å²) < 4.78 is 20.2. The van der Waals surface area contributed by atoms with Gasteiger partial charge in [0, 0.05) is 32.7 Å². The molecule has 40 heavy (non-hydrogen) atoms. The lowest BCUT2D eigenvalue weighted by atomic mass is 10.1. The standard InChI is InChI=1S/C29H34FN5O5/c1-29(2,3)40-28(39)34-14-15-35-25(22(34)18-33(4)17-20-8-6-5-7-9-20)32-23(24(36)27(35)38)26(37)31-16-19-10-12-21(30)13-11-19/h5-13,22,36H,14-18H2,1-4H3,(H,31,37). The fourth-order valence-corrected chi connectivity index (χ4v) is 4.54. The quantitative estimate of drug-likeness (QED) is 0.462. The molecule has 0 spiro atoms. The van der Waals surface area contributed by atoms with Gasteiger partial charge >= 0.3 is 6.09 Å². The highest BCUT2D eigenvalue weighted by Crippen LogP contribution is 2.28. The Morgan fingerprint density at radius 3 is 2.42 bits per heavy atom. The monoisotopic (exact) mass is 551 g/mol. The number of benzene rings is 2. The van der Waals surface area contributed by atoms with E-state index < -0.39 is 46.5 Å². The second-order valence-electron chi connectivity index (χ2n) is 10.8. The number of aromatic hydroxyl groups is 1. The highest BCUT2D eigenvalue weighted by atomic mass is 19.1. The smallest absolute Gasteiger partial charge is 0.411 e. The van der Waals surface area contributed by atoms with E-state index in [4.69, 9.17) is 4.74 Å². The molecule has 1 unspecified atom stereocenters. The first-order valence-electron chi connectivity index (χ1n) is 13.0. The molecule has 2 aromatic carbocycles. The second-order valence-corrected chi connectivity index (χ2v) is 10.8. The molecule has 1 atom stereocenters. The molecule has 2 amide bonds. The lowest BCUT2D eigenvalue weighted by Gasteiger charge is -2.39. The number of rotatable bonds is 7. The van der Waals surface area contributed by atoms with Gasteiger partial charge in [-0.05, 0) is 51.1 Å². The predicted molar refractivity (Wildman–Crippen MR) is 146 cm³/mol. The van der Waals surface area contributed by atoms with E-state index in [1.807, 2.05) is 42.3 Å². The van der Waals surface area contributed by atoms with E-state index in [1.54, 1.807) is 20.8 Å². The highest BCUT2D eigenvalue weighted by Gasteiger charge is 2.38. The first kappa shape index (κ1) is 28.8. The number of fused-ring (bicyclic) bond motifs is 1. The molecule has 4 rings (SSSR count). The summed E-state index contributed by atoms with van der Waals surface area (Å²) in [5.74, 6) is -1.78. The molecular formula is C29H34FN5O5. The van der Waals surface area contributed by atoms with Gasteiger partial charge in [0.2, 0.25) is 5.75 Å². The van der Waals surface area contributed by atoms with E-state index in [9.17, 15) is 23.9 Å². The van der Waals surface area contributed by atoms with Gasteiger partial charge in [-0.15, -0.1) is 0 Å². The number of likely N-dealkylation sites (N-methyl/N-ethyl adjacent to an activating group) is 1. The lowest BCUT2D eigenvalue weighted by molar-refractivity contribution is 0.00518. The van der Waals surface area contributed by atoms with Crippen LogP contribution >= 0.6 is 0 Å². The summed E-state index contributed by atoms with van der Waals surface area (Å²) in [6, 6.07) is 14.6. The van der Waals surface area contributed by atoms with Crippen LogP contribution in [0.15, 0.2) is 59.4 Å². The molecule has 1 aliphatic rings. The molecule has 2 heterocycles. The predicted octanol–water partition coefficient (Wildman–Crippen LogP) is 3.44. The van der Waals surface area contributed by atoms with Crippen molar-refractivity contribution in [3.63, 3.8) is 0 Å². The van der Waals surface area contributed by atoms with Crippen molar-refractivity contribution in [3.8, 4) is 5.75 Å². The maximum Gasteiger partial charge on any atom is 0.411 e. The van der Waals surface area contributed by atoms with E-state index >= 15 is 0 Å². The minimum Gasteiger partial charge on any atom is -0.501 e. The Balaban J connectivity index is 1.66. The Labute approximate surface area is 232 Å². The Kier molecular flexibility index (Phi) is 8.53. The summed E-state index contributed by atoms with van der Waals surface area (Å²) >= 11 is 0. The SMILES string of the molecule is CN(Cc1ccccc1)CC1c2nc(C(=O)NCc3ccc(F)cc3)c(O)c(=O)n2CCN1C(=O)OC(C)(C)C. The molecule has 0 aliphatic carbocycles. The maximum absolute atomic E-state index is 13.2. The van der Waals surface area contributed by atoms with Crippen LogP contribution in [0.2, 0.25) is 0 Å². The third kappa shape index (κ3) is 6.84. The number of ether oxygens (including phenoxy) is 1. The van der Waals surface area contributed by atoms with E-state index in [1.165, 1.54) is 33.7 Å². The topological polar surface area (TPSA) is 117 Å². The van der Waals surface area contributed by atoms with Crippen LogP contribution in [0.5, 0.6) is 5.75 Å². The molecule has 0 saturated heterocycles. The van der Waals surface area contributed by atoms with Gasteiger partial charge in [0.25, 0.3) is 11.5 Å². The zero-order valence-electron chi connectivity index (χ0n) is 23.1. The number of hydrogen-bond acceptors (Lipinski definition) is 7. The second kappa shape index (κ2) is 11.9. The summed E-state index contributed by atoms with van der Waals surface area (Å²) in [6.45, 7) is 6.41. The van der Waals surface area contributed by atoms with E-state index in [2.05, 4.69) is 10.3 Å². The molecule has 3 aromatic rings. The van der Waals surface area contributed by atoms with Gasteiger partial charge in [0.15, 0.2) is 5.69 Å². The number of nitrogens with one attached hydrogen (secondary N) is 1. The van der Waals surface area contributed by atoms with Crippen molar-refractivity contribution in [2.75, 3.05) is 20.1 Å². The van der Waals surface area contributed by atoms with Crippen molar-refractivity contribution >= 4 is 12.0 Å². The summed E-state index contributed by atoms with van der Waals surface area (Å²) in [5, 5.41) is 13.2. The summed E-state index contributed by atoms with van der Waals surface area (Å²) in [5.41, 5.74) is -0.277. The first-order valence-corrected chi connectivity index (χ1v) is 13.0. The van der Waals surface area contributed by atoms with Gasteiger partial charge in [0.05, 0.1) is 0 Å². The van der Waals surface area contributed by atoms with Gasteiger partial charge in [0.1, 0.15) is 23.3 Å². The van der Waals surface area contributed by atoms with Crippen LogP contribution < -0.4 is 10.9 Å². The Bertz CT molecular complexity index is 1420. The summed E-state index contributed by atoms with van der Waals surface area (Å²) in [7, 11) is 1.88. The van der Waals surface area contributed by atoms with Crippen LogP contribution in [-0.4, -0.2) is 62.2 Å². The molecule has 0 radical (unpaired) electrons. The van der Waals surface area contributed by atoms with Crippen LogP contribution in [0.3, 0.4) is 0 Å². The van der Waals surface area contributed by atoms with Crippen LogP contribution in [0.25, 0.3) is 0 Å². The average Bonchev–Trinajstić information content (AvgIpc) is 2.90. The fourth-order valence-electron chi connectivity index (χ4n) is 4.54. The van der Waals surface area contributed by atoms with Crippen molar-refractivity contribution < 1.29 is 23.8 Å². The van der Waals surface area contributed by atoms with Gasteiger partial charge < -0.3 is 15.2 Å². The van der Waals surface area contributed by atoms with Crippen molar-refractivity contribution in [1.29, 1.82) is 0 Å². The number of carbonyl (C=O) groups is 2. The van der Waals surface area contributed by atoms with Gasteiger partial charge in [-0.2, -0.15) is 0 Å². The summed E-state index contributed by atoms with van der Waals surface area (Å²) in [6.07, 6.45) is -0.568. The molecule has 10 nitrogen and oxygen atoms in total. The number of aromatic nitrogens is 2. The number of halogens is 1. The molecule has 1 aromatic heterocycles. The van der Waals surface area contributed by atoms with Crippen molar-refractivity contribution in [2.45, 2.75) is 52.0 Å². The molecule has 0 saturated carbocycles. The highest BCUT2D eigenvalue weighted by molar-refractivity contribution is 5.94. The normalized spacial score (nSPS) is 15.1.